The molecule has 1 aliphatic rings. The van der Waals surface area contributed by atoms with Gasteiger partial charge in [-0.3, -0.25) is 0 Å². The number of aryl methyl sites for hydroxylation is 1. The first-order valence-corrected chi connectivity index (χ1v) is 8.04. The largest absolute Gasteiger partial charge is 1.00 e. The summed E-state index contributed by atoms with van der Waals surface area (Å²) in [5, 5.41) is 3.25. The Bertz CT molecular complexity index is 637. The van der Waals surface area contributed by atoms with Gasteiger partial charge in [0.2, 0.25) is 17.5 Å². The van der Waals surface area contributed by atoms with Crippen molar-refractivity contribution in [1.29, 1.82) is 0 Å². The normalized spacial score (nSPS) is 15.2. The Morgan fingerprint density at radius 3 is 2.43 bits per heavy atom. The van der Waals surface area contributed by atoms with Crippen LogP contribution in [-0.2, 0) is 7.05 Å². The zero-order chi connectivity index (χ0) is 15.5. The van der Waals surface area contributed by atoms with Gasteiger partial charge in [0.15, 0.2) is 0 Å². The minimum absolute atomic E-state index is 0. The maximum Gasteiger partial charge on any atom is 0.237 e. The van der Waals surface area contributed by atoms with Crippen molar-refractivity contribution in [2.45, 2.75) is 25.7 Å². The van der Waals surface area contributed by atoms with Gasteiger partial charge in [-0.2, -0.15) is 0 Å². The van der Waals surface area contributed by atoms with Gasteiger partial charge in [-0.25, -0.2) is 4.57 Å². The third kappa shape index (κ3) is 3.94. The van der Waals surface area contributed by atoms with Crippen molar-refractivity contribution in [3.8, 4) is 0 Å². The SMILES string of the molecule is CNc1cc(N2CCC(c3ccccc3)CC2)nc(C)[n+]1C.[I-]. The summed E-state index contributed by atoms with van der Waals surface area (Å²) in [6.07, 6.45) is 2.39. The Morgan fingerprint density at radius 2 is 1.83 bits per heavy atom. The van der Waals surface area contributed by atoms with Crippen LogP contribution in [0.15, 0.2) is 36.4 Å². The first kappa shape index (κ1) is 18.0. The van der Waals surface area contributed by atoms with Gasteiger partial charge in [0.05, 0.1) is 13.1 Å². The zero-order valence-electron chi connectivity index (χ0n) is 14.1. The lowest BCUT2D eigenvalue weighted by molar-refractivity contribution is -0.666. The highest BCUT2D eigenvalue weighted by molar-refractivity contribution is 5.46. The summed E-state index contributed by atoms with van der Waals surface area (Å²) in [7, 11) is 4.00. The molecular weight excluding hydrogens is 399 g/mol. The van der Waals surface area contributed by atoms with Gasteiger partial charge in [0.25, 0.3) is 0 Å². The highest BCUT2D eigenvalue weighted by Gasteiger charge is 2.24. The smallest absolute Gasteiger partial charge is 0.237 e. The third-order valence-electron chi connectivity index (χ3n) is 4.74. The summed E-state index contributed by atoms with van der Waals surface area (Å²) >= 11 is 0. The van der Waals surface area contributed by atoms with Crippen molar-refractivity contribution in [3.63, 3.8) is 0 Å². The molecule has 5 heteroatoms. The van der Waals surface area contributed by atoms with Crippen LogP contribution in [-0.4, -0.2) is 25.1 Å². The van der Waals surface area contributed by atoms with E-state index >= 15 is 0 Å². The number of halogens is 1. The number of rotatable bonds is 3. The van der Waals surface area contributed by atoms with E-state index in [1.54, 1.807) is 0 Å². The van der Waals surface area contributed by atoms with Crippen molar-refractivity contribution in [1.82, 2.24) is 4.98 Å². The molecule has 0 radical (unpaired) electrons. The molecule has 23 heavy (non-hydrogen) atoms. The van der Waals surface area contributed by atoms with Crippen molar-refractivity contribution in [2.75, 3.05) is 30.4 Å². The van der Waals surface area contributed by atoms with Crippen molar-refractivity contribution >= 4 is 11.6 Å². The van der Waals surface area contributed by atoms with Crippen LogP contribution in [0, 0.1) is 6.92 Å². The maximum absolute atomic E-state index is 4.75. The number of anilines is 2. The van der Waals surface area contributed by atoms with E-state index in [2.05, 4.69) is 58.1 Å². The molecule has 0 aliphatic carbocycles. The van der Waals surface area contributed by atoms with Crippen LogP contribution in [0.25, 0.3) is 0 Å². The van der Waals surface area contributed by atoms with E-state index in [0.717, 1.165) is 30.5 Å². The van der Waals surface area contributed by atoms with Gasteiger partial charge in [-0.1, -0.05) is 35.3 Å². The third-order valence-corrected chi connectivity index (χ3v) is 4.74. The molecule has 1 aromatic carbocycles. The maximum atomic E-state index is 4.75. The van der Waals surface area contributed by atoms with Gasteiger partial charge in [-0.15, -0.1) is 0 Å². The lowest BCUT2D eigenvalue weighted by Gasteiger charge is -2.32. The Balaban J connectivity index is 0.00000192. The van der Waals surface area contributed by atoms with Crippen LogP contribution < -0.4 is 38.8 Å². The summed E-state index contributed by atoms with van der Waals surface area (Å²) in [5.41, 5.74) is 1.47. The number of nitrogens with one attached hydrogen (secondary N) is 1. The first-order valence-electron chi connectivity index (χ1n) is 8.04. The second kappa shape index (κ2) is 7.95. The number of benzene rings is 1. The summed E-state index contributed by atoms with van der Waals surface area (Å²) in [4.78, 5) is 7.16. The second-order valence-electron chi connectivity index (χ2n) is 6.03. The second-order valence-corrected chi connectivity index (χ2v) is 6.03. The van der Waals surface area contributed by atoms with Crippen LogP contribution in [0.4, 0.5) is 11.6 Å². The molecular formula is C18H25IN4. The predicted molar refractivity (Wildman–Crippen MR) is 90.3 cm³/mol. The van der Waals surface area contributed by atoms with E-state index < -0.39 is 0 Å². The lowest BCUT2D eigenvalue weighted by Crippen LogP contribution is -3.00. The van der Waals surface area contributed by atoms with E-state index in [9.17, 15) is 0 Å². The van der Waals surface area contributed by atoms with Gasteiger partial charge < -0.3 is 34.2 Å². The fourth-order valence-electron chi connectivity index (χ4n) is 3.24. The molecule has 2 aromatic rings. The molecule has 1 aliphatic heterocycles. The molecule has 3 rings (SSSR count). The monoisotopic (exact) mass is 424 g/mol. The van der Waals surface area contributed by atoms with Crippen molar-refractivity contribution in [3.05, 3.63) is 47.8 Å². The van der Waals surface area contributed by atoms with E-state index in [-0.39, 0.29) is 24.0 Å². The predicted octanol–water partition coefficient (Wildman–Crippen LogP) is -0.356. The van der Waals surface area contributed by atoms with Crippen LogP contribution in [0.1, 0.15) is 30.1 Å². The molecule has 124 valence electrons. The molecule has 0 amide bonds. The van der Waals surface area contributed by atoms with E-state index in [1.807, 2.05) is 14.1 Å². The molecule has 1 N–H and O–H groups in total. The minimum Gasteiger partial charge on any atom is -1.00 e. The zero-order valence-corrected chi connectivity index (χ0v) is 16.2. The Hall–Kier alpha value is -1.37. The molecule has 0 spiro atoms. The Morgan fingerprint density at radius 1 is 1.17 bits per heavy atom. The highest BCUT2D eigenvalue weighted by atomic mass is 127. The molecule has 0 atom stereocenters. The van der Waals surface area contributed by atoms with Crippen molar-refractivity contribution < 1.29 is 28.5 Å². The van der Waals surface area contributed by atoms with Crippen LogP contribution in [0.3, 0.4) is 0 Å². The average Bonchev–Trinajstić information content (AvgIpc) is 2.58. The van der Waals surface area contributed by atoms with Gasteiger partial charge in [0.1, 0.15) is 0 Å². The molecule has 0 bridgehead atoms. The first-order chi connectivity index (χ1) is 10.7. The van der Waals surface area contributed by atoms with E-state index in [1.165, 1.54) is 18.4 Å². The lowest BCUT2D eigenvalue weighted by atomic mass is 9.89. The summed E-state index contributed by atoms with van der Waals surface area (Å²) in [6, 6.07) is 13.0. The van der Waals surface area contributed by atoms with E-state index in [0.29, 0.717) is 5.92 Å². The fraction of sp³-hybridized carbons (Fsp3) is 0.444. The quantitative estimate of drug-likeness (QED) is 0.540. The highest BCUT2D eigenvalue weighted by Crippen LogP contribution is 2.29. The molecule has 4 nitrogen and oxygen atoms in total. The van der Waals surface area contributed by atoms with Gasteiger partial charge in [0, 0.05) is 27.1 Å². The summed E-state index contributed by atoms with van der Waals surface area (Å²) in [5.74, 6) is 3.91. The Labute approximate surface area is 156 Å². The summed E-state index contributed by atoms with van der Waals surface area (Å²) in [6.45, 7) is 4.20. The molecule has 2 heterocycles. The van der Waals surface area contributed by atoms with Gasteiger partial charge >= 0.3 is 0 Å². The molecule has 1 aromatic heterocycles. The van der Waals surface area contributed by atoms with Crippen LogP contribution in [0.2, 0.25) is 0 Å². The van der Waals surface area contributed by atoms with Crippen molar-refractivity contribution in [2.24, 2.45) is 7.05 Å². The van der Waals surface area contributed by atoms with Crippen LogP contribution >= 0.6 is 0 Å². The number of hydrogen-bond acceptors (Lipinski definition) is 3. The fourth-order valence-corrected chi connectivity index (χ4v) is 3.24. The Kier molecular flexibility index (Phi) is 6.21. The molecule has 1 saturated heterocycles. The van der Waals surface area contributed by atoms with Crippen LogP contribution in [0.5, 0.6) is 0 Å². The topological polar surface area (TPSA) is 32.0 Å². The number of hydrogen-bond donors (Lipinski definition) is 1. The number of aromatic nitrogens is 2. The average molecular weight is 424 g/mol. The number of nitrogens with zero attached hydrogens (tertiary/aromatic N) is 3. The standard InChI is InChI=1S/C18H24N4.HI/c1-14-20-18(13-17(19-2)21(14)3)22-11-9-16(10-12-22)15-7-5-4-6-8-15;/h4-8,13,16H,9-12H2,1-3H3;1H. The summed E-state index contributed by atoms with van der Waals surface area (Å²) < 4.78 is 2.08. The molecule has 0 unspecified atom stereocenters. The molecule has 1 fully saturated rings. The number of piperidine rings is 1. The minimum atomic E-state index is 0. The molecule has 0 saturated carbocycles. The van der Waals surface area contributed by atoms with Gasteiger partial charge in [-0.05, 0) is 24.3 Å². The van der Waals surface area contributed by atoms with E-state index in [4.69, 9.17) is 4.98 Å².